The van der Waals surface area contributed by atoms with Gasteiger partial charge in [-0.1, -0.05) is 54.2 Å². The summed E-state index contributed by atoms with van der Waals surface area (Å²) in [6, 6.07) is 19.8. The lowest BCUT2D eigenvalue weighted by molar-refractivity contribution is -0.107. The number of nitrogens with zero attached hydrogens (tertiary/aromatic N) is 1. The van der Waals surface area contributed by atoms with Crippen molar-refractivity contribution in [2.24, 2.45) is 4.99 Å². The van der Waals surface area contributed by atoms with Crippen LogP contribution in [0.1, 0.15) is 11.3 Å². The van der Waals surface area contributed by atoms with E-state index in [1.54, 1.807) is 36.4 Å². The van der Waals surface area contributed by atoms with Gasteiger partial charge in [0.25, 0.3) is 0 Å². The van der Waals surface area contributed by atoms with Crippen LogP contribution in [0.4, 0.5) is 4.39 Å². The van der Waals surface area contributed by atoms with Crippen molar-refractivity contribution in [1.82, 2.24) is 0 Å². The molecule has 2 aromatic carbocycles. The average molecular weight is 395 g/mol. The Morgan fingerprint density at radius 2 is 1.81 bits per heavy atom. The number of halogens is 1. The maximum atomic E-state index is 13.9. The molecular weight excluding hydrogens is 381 g/mol. The van der Waals surface area contributed by atoms with Gasteiger partial charge in [0.15, 0.2) is 0 Å². The summed E-state index contributed by atoms with van der Waals surface area (Å²) >= 11 is 2.65. The lowest BCUT2D eigenvalue weighted by atomic mass is 10.1. The summed E-state index contributed by atoms with van der Waals surface area (Å²) in [5.74, 6) is 1.29. The van der Waals surface area contributed by atoms with Crippen LogP contribution in [0, 0.1) is 5.82 Å². The van der Waals surface area contributed by atoms with Gasteiger partial charge in [0.2, 0.25) is 5.12 Å². The molecule has 0 N–H and O–H groups in total. The fraction of sp³-hybridized carbons (Fsp3) is 0.0476. The molecule has 134 valence electrons. The van der Waals surface area contributed by atoms with E-state index in [2.05, 4.69) is 4.99 Å². The average Bonchev–Trinajstić information content (AvgIpc) is 3.28. The molecule has 0 atom stereocenters. The Hall–Kier alpha value is -2.57. The van der Waals surface area contributed by atoms with Crippen LogP contribution in [-0.2, 0) is 10.5 Å². The molecule has 4 rings (SSSR count). The highest BCUT2D eigenvalue weighted by atomic mass is 32.2. The maximum Gasteiger partial charge on any atom is 0.244 e. The highest BCUT2D eigenvalue weighted by Gasteiger charge is 2.23. The first-order chi connectivity index (χ1) is 13.2. The molecule has 3 aromatic rings. The molecule has 2 heterocycles. The first kappa shape index (κ1) is 17.8. The van der Waals surface area contributed by atoms with Gasteiger partial charge >= 0.3 is 0 Å². The Morgan fingerprint density at radius 3 is 2.63 bits per heavy atom. The van der Waals surface area contributed by atoms with Gasteiger partial charge in [-0.25, -0.2) is 9.38 Å². The van der Waals surface area contributed by atoms with Crippen molar-refractivity contribution in [3.05, 3.63) is 89.6 Å². The molecule has 0 saturated carbocycles. The van der Waals surface area contributed by atoms with Crippen molar-refractivity contribution in [2.75, 3.05) is 0 Å². The quantitative estimate of drug-likeness (QED) is 0.509. The zero-order valence-corrected chi connectivity index (χ0v) is 15.7. The maximum absolute atomic E-state index is 13.9. The Kier molecular flexibility index (Phi) is 5.27. The van der Waals surface area contributed by atoms with Crippen LogP contribution in [-0.4, -0.2) is 9.49 Å². The van der Waals surface area contributed by atoms with E-state index in [1.807, 2.05) is 30.3 Å². The van der Waals surface area contributed by atoms with E-state index in [1.165, 1.54) is 23.4 Å². The Morgan fingerprint density at radius 1 is 1.04 bits per heavy atom. The SMILES string of the molecule is O=C1SC(SCc2ccccc2)=NC1=Cc1ccc(-c2ccccc2F)o1. The molecule has 0 bridgehead atoms. The standard InChI is InChI=1S/C21H14FNO2S2/c22-17-9-5-4-8-16(17)19-11-10-15(25-19)12-18-20(24)27-21(23-18)26-13-14-6-2-1-3-7-14/h1-12H,13H2. The van der Waals surface area contributed by atoms with Crippen molar-refractivity contribution < 1.29 is 13.6 Å². The van der Waals surface area contributed by atoms with Gasteiger partial charge < -0.3 is 4.42 Å². The molecule has 27 heavy (non-hydrogen) atoms. The number of carbonyl (C=O) groups is 1. The van der Waals surface area contributed by atoms with E-state index in [-0.39, 0.29) is 10.9 Å². The Bertz CT molecular complexity index is 1040. The number of rotatable bonds is 4. The lowest BCUT2D eigenvalue weighted by Gasteiger charge is -1.98. The molecule has 3 nitrogen and oxygen atoms in total. The van der Waals surface area contributed by atoms with E-state index >= 15 is 0 Å². The number of hydrogen-bond donors (Lipinski definition) is 0. The minimum Gasteiger partial charge on any atom is -0.457 e. The number of thioether (sulfide) groups is 2. The molecule has 0 amide bonds. The Labute approximate surface area is 164 Å². The predicted octanol–water partition coefficient (Wildman–Crippen LogP) is 5.99. The summed E-state index contributed by atoms with van der Waals surface area (Å²) < 4.78 is 20.3. The first-order valence-corrected chi connectivity index (χ1v) is 10.0. The molecule has 1 aromatic heterocycles. The van der Waals surface area contributed by atoms with Crippen LogP contribution in [0.5, 0.6) is 0 Å². The zero-order chi connectivity index (χ0) is 18.6. The summed E-state index contributed by atoms with van der Waals surface area (Å²) in [7, 11) is 0. The zero-order valence-electron chi connectivity index (χ0n) is 14.1. The third kappa shape index (κ3) is 4.23. The van der Waals surface area contributed by atoms with Gasteiger partial charge in [-0.05, 0) is 41.6 Å². The molecule has 0 aliphatic carbocycles. The number of carbonyl (C=O) groups excluding carboxylic acids is 1. The van der Waals surface area contributed by atoms with Crippen LogP contribution in [0.3, 0.4) is 0 Å². The van der Waals surface area contributed by atoms with Crippen molar-refractivity contribution in [2.45, 2.75) is 5.75 Å². The second kappa shape index (κ2) is 7.98. The number of aliphatic imine (C=N–C) groups is 1. The number of benzene rings is 2. The second-order valence-electron chi connectivity index (χ2n) is 5.75. The van der Waals surface area contributed by atoms with Gasteiger partial charge in [0, 0.05) is 11.8 Å². The van der Waals surface area contributed by atoms with Crippen LogP contribution in [0.15, 0.2) is 81.8 Å². The number of hydrogen-bond acceptors (Lipinski definition) is 5. The third-order valence-corrected chi connectivity index (χ3v) is 5.93. The highest BCUT2D eigenvalue weighted by Crippen LogP contribution is 2.33. The van der Waals surface area contributed by atoms with Crippen LogP contribution in [0.25, 0.3) is 17.4 Å². The fourth-order valence-corrected chi connectivity index (χ4v) is 4.34. The van der Waals surface area contributed by atoms with Crippen LogP contribution in [0.2, 0.25) is 0 Å². The minimum atomic E-state index is -0.351. The summed E-state index contributed by atoms with van der Waals surface area (Å²) in [5.41, 5.74) is 1.90. The molecule has 0 unspecified atom stereocenters. The summed E-state index contributed by atoms with van der Waals surface area (Å²) in [4.78, 5) is 16.6. The smallest absolute Gasteiger partial charge is 0.244 e. The summed E-state index contributed by atoms with van der Waals surface area (Å²) in [6.45, 7) is 0. The van der Waals surface area contributed by atoms with E-state index in [4.69, 9.17) is 4.42 Å². The highest BCUT2D eigenvalue weighted by molar-refractivity contribution is 8.45. The summed E-state index contributed by atoms with van der Waals surface area (Å²) in [6.07, 6.45) is 1.59. The molecule has 6 heteroatoms. The van der Waals surface area contributed by atoms with Crippen molar-refractivity contribution >= 4 is 39.1 Å². The van der Waals surface area contributed by atoms with E-state index in [9.17, 15) is 9.18 Å². The van der Waals surface area contributed by atoms with Crippen molar-refractivity contribution in [3.63, 3.8) is 0 Å². The van der Waals surface area contributed by atoms with E-state index < -0.39 is 0 Å². The largest absolute Gasteiger partial charge is 0.457 e. The molecular formula is C21H14FNO2S2. The lowest BCUT2D eigenvalue weighted by Crippen LogP contribution is -1.88. The van der Waals surface area contributed by atoms with Gasteiger partial charge in [0.05, 0.1) is 5.56 Å². The van der Waals surface area contributed by atoms with Gasteiger partial charge in [-0.15, -0.1) is 0 Å². The van der Waals surface area contributed by atoms with E-state index in [0.717, 1.165) is 21.9 Å². The monoisotopic (exact) mass is 395 g/mol. The second-order valence-corrected chi connectivity index (χ2v) is 7.94. The van der Waals surface area contributed by atoms with Crippen LogP contribution < -0.4 is 0 Å². The van der Waals surface area contributed by atoms with Crippen molar-refractivity contribution in [3.8, 4) is 11.3 Å². The fourth-order valence-electron chi connectivity index (χ4n) is 2.54. The molecule has 0 saturated heterocycles. The molecule has 0 fully saturated rings. The minimum absolute atomic E-state index is 0.116. The van der Waals surface area contributed by atoms with Gasteiger partial charge in [0.1, 0.15) is 27.4 Å². The van der Waals surface area contributed by atoms with Crippen molar-refractivity contribution in [1.29, 1.82) is 0 Å². The Balaban J connectivity index is 1.49. The first-order valence-electron chi connectivity index (χ1n) is 8.23. The molecule has 1 aliphatic heterocycles. The molecule has 0 spiro atoms. The molecule has 1 aliphatic rings. The predicted molar refractivity (Wildman–Crippen MR) is 110 cm³/mol. The van der Waals surface area contributed by atoms with Gasteiger partial charge in [-0.3, -0.25) is 4.79 Å². The van der Waals surface area contributed by atoms with Crippen LogP contribution >= 0.6 is 23.5 Å². The van der Waals surface area contributed by atoms with Gasteiger partial charge in [-0.2, -0.15) is 0 Å². The number of furan rings is 1. The third-order valence-electron chi connectivity index (χ3n) is 3.85. The normalized spacial score (nSPS) is 15.4. The van der Waals surface area contributed by atoms with E-state index in [0.29, 0.717) is 22.8 Å². The topological polar surface area (TPSA) is 42.6 Å². The summed E-state index contributed by atoms with van der Waals surface area (Å²) in [5, 5.41) is -0.116. The molecule has 0 radical (unpaired) electrons.